The Hall–Kier alpha value is -2.47. The summed E-state index contributed by atoms with van der Waals surface area (Å²) in [7, 11) is 0. The predicted octanol–water partition coefficient (Wildman–Crippen LogP) is 7.96. The molecule has 0 aromatic carbocycles. The molecule has 7 aliphatic carbocycles. The van der Waals surface area contributed by atoms with Crippen molar-refractivity contribution in [2.75, 3.05) is 0 Å². The lowest BCUT2D eigenvalue weighted by Crippen LogP contribution is -2.54. The highest BCUT2D eigenvalue weighted by Gasteiger charge is 2.94. The van der Waals surface area contributed by atoms with E-state index in [2.05, 4.69) is 48.6 Å². The number of nitrogens with zero attached hydrogens (tertiary/aromatic N) is 3. The van der Waals surface area contributed by atoms with Crippen LogP contribution in [0.25, 0.3) is 5.57 Å². The first-order valence-corrected chi connectivity index (χ1v) is 15.3. The Balaban J connectivity index is 1.06. The highest BCUT2D eigenvalue weighted by atomic mass is 15.0. The summed E-state index contributed by atoms with van der Waals surface area (Å²) >= 11 is 0. The molecule has 11 atom stereocenters. The number of hydrogen-bond acceptors (Lipinski definition) is 3. The molecule has 3 nitrogen and oxygen atoms in total. The van der Waals surface area contributed by atoms with Crippen molar-refractivity contribution in [1.82, 2.24) is 9.97 Å². The smallest absolute Gasteiger partial charge is 0.115 e. The van der Waals surface area contributed by atoms with E-state index in [1.165, 1.54) is 66.4 Å². The van der Waals surface area contributed by atoms with Crippen LogP contribution in [0, 0.1) is 74.9 Å². The molecule has 1 aromatic rings. The molecule has 38 heavy (non-hydrogen) atoms. The second kappa shape index (κ2) is 7.59. The van der Waals surface area contributed by atoms with Gasteiger partial charge >= 0.3 is 0 Å². The van der Waals surface area contributed by atoms with E-state index in [9.17, 15) is 0 Å². The van der Waals surface area contributed by atoms with E-state index in [1.807, 2.05) is 12.4 Å². The van der Waals surface area contributed by atoms with Crippen LogP contribution in [-0.4, -0.2) is 9.97 Å². The lowest BCUT2D eigenvalue weighted by Gasteiger charge is -2.60. The minimum absolute atomic E-state index is 0.234. The van der Waals surface area contributed by atoms with E-state index in [-0.39, 0.29) is 5.41 Å². The van der Waals surface area contributed by atoms with Crippen LogP contribution in [0.2, 0.25) is 0 Å². The van der Waals surface area contributed by atoms with E-state index in [1.54, 1.807) is 6.33 Å². The molecule has 0 bridgehead atoms. The van der Waals surface area contributed by atoms with Crippen molar-refractivity contribution in [3.05, 3.63) is 66.3 Å². The molecule has 0 radical (unpaired) electrons. The van der Waals surface area contributed by atoms with Gasteiger partial charge in [-0.2, -0.15) is 5.26 Å². The molecule has 5 saturated carbocycles. The number of fused-ring (bicyclic) bond motifs is 6. The maximum Gasteiger partial charge on any atom is 0.115 e. The second-order valence-electron chi connectivity index (χ2n) is 14.6. The molecule has 1 heterocycles. The van der Waals surface area contributed by atoms with Crippen LogP contribution in [0.1, 0.15) is 77.2 Å². The minimum atomic E-state index is 0.234. The van der Waals surface area contributed by atoms with Gasteiger partial charge in [-0.15, -0.1) is 0 Å². The number of hydrogen-bond donors (Lipinski definition) is 0. The van der Waals surface area contributed by atoms with Gasteiger partial charge in [-0.1, -0.05) is 44.7 Å². The molecule has 0 amide bonds. The van der Waals surface area contributed by atoms with Gasteiger partial charge in [0.25, 0.3) is 0 Å². The largest absolute Gasteiger partial charge is 0.244 e. The first-order valence-electron chi connectivity index (χ1n) is 15.3. The molecule has 196 valence electrons. The SMILES string of the molecule is C=C1CC(CC2CCC3C4CC5C6C7C=C(c8cncnc8)C(=C)C(C)(C4CCC23C)C756)CC=C1CC#N. The zero-order chi connectivity index (χ0) is 26.0. The highest BCUT2D eigenvalue weighted by Crippen LogP contribution is 2.98. The van der Waals surface area contributed by atoms with Crippen LogP contribution >= 0.6 is 0 Å². The van der Waals surface area contributed by atoms with E-state index in [0.29, 0.717) is 23.2 Å². The quantitative estimate of drug-likeness (QED) is 0.419. The van der Waals surface area contributed by atoms with E-state index >= 15 is 0 Å². The van der Waals surface area contributed by atoms with Crippen molar-refractivity contribution in [3.63, 3.8) is 0 Å². The zero-order valence-corrected chi connectivity index (χ0v) is 23.1. The summed E-state index contributed by atoms with van der Waals surface area (Å²) in [6.07, 6.45) is 21.7. The number of nitriles is 1. The van der Waals surface area contributed by atoms with Gasteiger partial charge in [0.15, 0.2) is 0 Å². The summed E-state index contributed by atoms with van der Waals surface area (Å²) in [5, 5.41) is 9.15. The predicted molar refractivity (Wildman–Crippen MR) is 150 cm³/mol. The topological polar surface area (TPSA) is 49.6 Å². The van der Waals surface area contributed by atoms with Crippen LogP contribution in [-0.2, 0) is 0 Å². The van der Waals surface area contributed by atoms with Crippen molar-refractivity contribution in [3.8, 4) is 6.07 Å². The Kier molecular flexibility index (Phi) is 4.68. The summed E-state index contributed by atoms with van der Waals surface area (Å²) in [5.41, 5.74) is 7.61. The molecule has 0 N–H and O–H groups in total. The fourth-order valence-electron chi connectivity index (χ4n) is 12.1. The average molecular weight is 504 g/mol. The maximum atomic E-state index is 9.15. The average Bonchev–Trinajstić information content (AvgIpc) is 3.76. The van der Waals surface area contributed by atoms with Gasteiger partial charge in [0, 0.05) is 23.4 Å². The van der Waals surface area contributed by atoms with Crippen LogP contribution in [0.3, 0.4) is 0 Å². The molecule has 8 rings (SSSR count). The zero-order valence-electron chi connectivity index (χ0n) is 23.1. The van der Waals surface area contributed by atoms with E-state index in [0.717, 1.165) is 54.3 Å². The molecule has 11 unspecified atom stereocenters. The second-order valence-corrected chi connectivity index (χ2v) is 14.6. The van der Waals surface area contributed by atoms with Crippen molar-refractivity contribution in [2.24, 2.45) is 63.6 Å². The normalized spacial score (nSPS) is 49.5. The Morgan fingerprint density at radius 1 is 1.08 bits per heavy atom. The Bertz CT molecular complexity index is 1350. The summed E-state index contributed by atoms with van der Waals surface area (Å²) in [4.78, 5) is 8.71. The third-order valence-corrected chi connectivity index (χ3v) is 13.9. The maximum absolute atomic E-state index is 9.15. The summed E-state index contributed by atoms with van der Waals surface area (Å²) in [6, 6.07) is 2.33. The first kappa shape index (κ1) is 23.4. The molecule has 1 spiro atoms. The summed E-state index contributed by atoms with van der Waals surface area (Å²) < 4.78 is 0. The van der Waals surface area contributed by atoms with Gasteiger partial charge in [0.2, 0.25) is 0 Å². The van der Waals surface area contributed by atoms with Crippen molar-refractivity contribution in [1.29, 1.82) is 5.26 Å². The van der Waals surface area contributed by atoms with Gasteiger partial charge in [-0.3, -0.25) is 0 Å². The minimum Gasteiger partial charge on any atom is -0.244 e. The number of rotatable bonds is 4. The van der Waals surface area contributed by atoms with Crippen LogP contribution in [0.5, 0.6) is 0 Å². The summed E-state index contributed by atoms with van der Waals surface area (Å²) in [5.74, 6) is 6.67. The summed E-state index contributed by atoms with van der Waals surface area (Å²) in [6.45, 7) is 14.5. The molecule has 3 heteroatoms. The van der Waals surface area contributed by atoms with E-state index in [4.69, 9.17) is 11.8 Å². The van der Waals surface area contributed by atoms with Crippen molar-refractivity contribution >= 4 is 5.57 Å². The number of aromatic nitrogens is 2. The fourth-order valence-corrected chi connectivity index (χ4v) is 12.1. The standard InChI is InChI=1S/C35H41N3/c1-20-13-22(5-6-23(20)10-12-36)14-25-7-8-28-27-16-31-32-30-15-26(24-17-37-19-38-18-24)21(2)34(4,35(30,31)32)29(27)9-11-33(25,28)3/h6,15,17-19,22,25,27-32H,1-2,5,7-11,13-14,16H2,3-4H3. The molecule has 5 fully saturated rings. The molecule has 0 aliphatic heterocycles. The van der Waals surface area contributed by atoms with Gasteiger partial charge in [0.1, 0.15) is 6.33 Å². The van der Waals surface area contributed by atoms with Gasteiger partial charge in [-0.05, 0) is 126 Å². The molecule has 7 aliphatic rings. The highest BCUT2D eigenvalue weighted by molar-refractivity contribution is 5.84. The third kappa shape index (κ3) is 2.66. The monoisotopic (exact) mass is 503 g/mol. The molecule has 1 aromatic heterocycles. The van der Waals surface area contributed by atoms with E-state index < -0.39 is 0 Å². The first-order chi connectivity index (χ1) is 18.4. The van der Waals surface area contributed by atoms with Crippen molar-refractivity contribution in [2.45, 2.75) is 71.6 Å². The lowest BCUT2D eigenvalue weighted by molar-refractivity contribution is -0.0853. The third-order valence-electron chi connectivity index (χ3n) is 13.9. The number of allylic oxidation sites excluding steroid dienone is 6. The molecular formula is C35H41N3. The Morgan fingerprint density at radius 3 is 2.66 bits per heavy atom. The van der Waals surface area contributed by atoms with Crippen LogP contribution < -0.4 is 0 Å². The van der Waals surface area contributed by atoms with Gasteiger partial charge in [-0.25, -0.2) is 9.97 Å². The lowest BCUT2D eigenvalue weighted by atomic mass is 9.43. The van der Waals surface area contributed by atoms with Gasteiger partial charge < -0.3 is 0 Å². The Morgan fingerprint density at radius 2 is 1.89 bits per heavy atom. The Labute approximate surface area is 228 Å². The van der Waals surface area contributed by atoms with Gasteiger partial charge in [0.05, 0.1) is 12.5 Å². The fraction of sp³-hybridized carbons (Fsp3) is 0.629. The van der Waals surface area contributed by atoms with Crippen LogP contribution in [0.15, 0.2) is 60.8 Å². The molecular weight excluding hydrogens is 462 g/mol. The van der Waals surface area contributed by atoms with Crippen LogP contribution in [0.4, 0.5) is 0 Å². The molecule has 0 saturated heterocycles. The van der Waals surface area contributed by atoms with Crippen molar-refractivity contribution < 1.29 is 0 Å².